The molecule has 0 saturated heterocycles. The van der Waals surface area contributed by atoms with Crippen LogP contribution < -0.4 is 0 Å². The van der Waals surface area contributed by atoms with E-state index >= 15 is 0 Å². The van der Waals surface area contributed by atoms with Gasteiger partial charge in [-0.2, -0.15) is 0 Å². The van der Waals surface area contributed by atoms with Gasteiger partial charge in [0.25, 0.3) is 0 Å². The van der Waals surface area contributed by atoms with Gasteiger partial charge in [0.2, 0.25) is 0 Å². The highest BCUT2D eigenvalue weighted by molar-refractivity contribution is 8.16. The molecule has 2 rings (SSSR count). The highest BCUT2D eigenvalue weighted by Gasteiger charge is 2.48. The quantitative estimate of drug-likeness (QED) is 0.507. The Hall–Kier alpha value is -1.01. The summed E-state index contributed by atoms with van der Waals surface area (Å²) in [6.07, 6.45) is 1.57. The molecule has 2 aliphatic heterocycles. The summed E-state index contributed by atoms with van der Waals surface area (Å²) in [5.41, 5.74) is 0. The van der Waals surface area contributed by atoms with Crippen LogP contribution in [0.3, 0.4) is 0 Å². The maximum atomic E-state index is 12.6. The van der Waals surface area contributed by atoms with E-state index < -0.39 is 31.4 Å². The SMILES string of the molecule is O=[N+]([O-])C(C1=NCCCS1)S(=O)C(C1=NCCCS1)[N+](=O)[O-]. The first-order valence-electron chi connectivity index (χ1n) is 6.53. The highest BCUT2D eigenvalue weighted by atomic mass is 32.2. The predicted molar refractivity (Wildman–Crippen MR) is 88.5 cm³/mol. The molecule has 0 aliphatic carbocycles. The van der Waals surface area contributed by atoms with Crippen molar-refractivity contribution >= 4 is 44.4 Å². The lowest BCUT2D eigenvalue weighted by Gasteiger charge is -2.18. The third kappa shape index (κ3) is 4.04. The van der Waals surface area contributed by atoms with Gasteiger partial charge in [-0.1, -0.05) is 0 Å². The van der Waals surface area contributed by atoms with Gasteiger partial charge in [-0.05, 0) is 12.8 Å². The molecule has 0 amide bonds. The third-order valence-electron chi connectivity index (χ3n) is 2.89. The summed E-state index contributed by atoms with van der Waals surface area (Å²) in [6, 6.07) is 0. The summed E-state index contributed by atoms with van der Waals surface area (Å²) in [6.45, 7) is 0.839. The predicted octanol–water partition coefficient (Wildman–Crippen LogP) is 1.01. The Labute approximate surface area is 137 Å². The first-order chi connectivity index (χ1) is 10.5. The fourth-order valence-corrected chi connectivity index (χ4v) is 5.82. The smallest absolute Gasteiger partial charge is 0.275 e. The van der Waals surface area contributed by atoms with Crippen LogP contribution in [0, 0.1) is 20.2 Å². The summed E-state index contributed by atoms with van der Waals surface area (Å²) in [5, 5.41) is 19.5. The number of rotatable bonds is 6. The second-order valence-electron chi connectivity index (χ2n) is 4.45. The molecule has 9 nitrogen and oxygen atoms in total. The van der Waals surface area contributed by atoms with Gasteiger partial charge >= 0.3 is 10.7 Å². The Morgan fingerprint density at radius 3 is 1.64 bits per heavy atom. The molecule has 0 bridgehead atoms. The van der Waals surface area contributed by atoms with Gasteiger partial charge in [0.05, 0.1) is 0 Å². The normalized spacial score (nSPS) is 22.9. The summed E-state index contributed by atoms with van der Waals surface area (Å²) < 4.78 is 12.6. The molecule has 0 saturated carbocycles. The lowest BCUT2D eigenvalue weighted by atomic mass is 10.5. The van der Waals surface area contributed by atoms with Crippen LogP contribution in [-0.4, -0.2) is 59.5 Å². The van der Waals surface area contributed by atoms with Crippen LogP contribution in [0.4, 0.5) is 0 Å². The summed E-state index contributed by atoms with van der Waals surface area (Å²) in [7, 11) is -2.35. The Kier molecular flexibility index (Phi) is 6.32. The second kappa shape index (κ2) is 8.02. The molecule has 22 heavy (non-hydrogen) atoms. The second-order valence-corrected chi connectivity index (χ2v) is 8.23. The fourth-order valence-electron chi connectivity index (χ4n) is 1.92. The minimum absolute atomic E-state index is 0.114. The van der Waals surface area contributed by atoms with Crippen molar-refractivity contribution in [2.75, 3.05) is 24.6 Å². The van der Waals surface area contributed by atoms with E-state index in [0.29, 0.717) is 24.6 Å². The molecular weight excluding hydrogens is 352 g/mol. The van der Waals surface area contributed by atoms with Gasteiger partial charge in [0.1, 0.15) is 0 Å². The molecule has 2 unspecified atom stereocenters. The van der Waals surface area contributed by atoms with Crippen LogP contribution in [0.5, 0.6) is 0 Å². The Morgan fingerprint density at radius 1 is 0.955 bits per heavy atom. The van der Waals surface area contributed by atoms with Crippen molar-refractivity contribution in [3.8, 4) is 0 Å². The number of nitro groups is 2. The topological polar surface area (TPSA) is 128 Å². The summed E-state index contributed by atoms with van der Waals surface area (Å²) in [4.78, 5) is 29.2. The molecule has 0 spiro atoms. The van der Waals surface area contributed by atoms with Gasteiger partial charge in [0, 0.05) is 34.4 Å². The van der Waals surface area contributed by atoms with Crippen LogP contribution in [0.2, 0.25) is 0 Å². The molecule has 0 aromatic carbocycles. The van der Waals surface area contributed by atoms with E-state index in [1.807, 2.05) is 0 Å². The average Bonchev–Trinajstić information content (AvgIpc) is 2.49. The monoisotopic (exact) mass is 366 g/mol. The molecule has 0 radical (unpaired) electrons. The van der Waals surface area contributed by atoms with Gasteiger partial charge in [-0.15, -0.1) is 23.5 Å². The Morgan fingerprint density at radius 2 is 1.36 bits per heavy atom. The molecule has 0 fully saturated rings. The van der Waals surface area contributed by atoms with Crippen molar-refractivity contribution in [1.82, 2.24) is 0 Å². The van der Waals surface area contributed by atoms with Crippen LogP contribution in [0.1, 0.15) is 12.8 Å². The maximum absolute atomic E-state index is 12.6. The fraction of sp³-hybridized carbons (Fsp3) is 0.800. The molecule has 12 heteroatoms. The van der Waals surface area contributed by atoms with E-state index in [2.05, 4.69) is 9.98 Å². The van der Waals surface area contributed by atoms with Crippen molar-refractivity contribution in [2.45, 2.75) is 23.6 Å². The largest absolute Gasteiger partial charge is 0.339 e. The van der Waals surface area contributed by atoms with Gasteiger partial charge in [0.15, 0.2) is 20.9 Å². The maximum Gasteiger partial charge on any atom is 0.339 e. The van der Waals surface area contributed by atoms with E-state index in [1.54, 1.807) is 0 Å². The molecule has 0 N–H and O–H groups in total. The lowest BCUT2D eigenvalue weighted by molar-refractivity contribution is -0.490. The molecule has 2 atom stereocenters. The van der Waals surface area contributed by atoms with Crippen LogP contribution in [0.15, 0.2) is 9.98 Å². The number of hydrogen-bond acceptors (Lipinski definition) is 9. The van der Waals surface area contributed by atoms with E-state index in [0.717, 1.165) is 36.4 Å². The van der Waals surface area contributed by atoms with Crippen molar-refractivity contribution in [1.29, 1.82) is 0 Å². The van der Waals surface area contributed by atoms with Crippen molar-refractivity contribution in [2.24, 2.45) is 9.98 Å². The Bertz CT molecular complexity index is 507. The number of hydrogen-bond donors (Lipinski definition) is 0. The van der Waals surface area contributed by atoms with E-state index in [9.17, 15) is 24.4 Å². The van der Waals surface area contributed by atoms with Crippen molar-refractivity contribution in [3.63, 3.8) is 0 Å². The molecule has 0 aromatic heterocycles. The average molecular weight is 366 g/mol. The van der Waals surface area contributed by atoms with Gasteiger partial charge in [-0.3, -0.25) is 30.2 Å². The minimum atomic E-state index is -2.35. The van der Waals surface area contributed by atoms with Crippen molar-refractivity contribution < 1.29 is 14.1 Å². The highest BCUT2D eigenvalue weighted by Crippen LogP contribution is 2.25. The summed E-state index contributed by atoms with van der Waals surface area (Å²) in [5.74, 6) is 1.28. The van der Waals surface area contributed by atoms with E-state index in [-0.39, 0.29) is 10.1 Å². The van der Waals surface area contributed by atoms with Gasteiger partial charge < -0.3 is 0 Å². The number of aliphatic imine (C=N–C) groups is 2. The third-order valence-corrected chi connectivity index (χ3v) is 7.14. The Balaban J connectivity index is 2.30. The van der Waals surface area contributed by atoms with Crippen LogP contribution >= 0.6 is 23.5 Å². The molecule has 2 aliphatic rings. The zero-order valence-electron chi connectivity index (χ0n) is 11.5. The number of thioether (sulfide) groups is 2. The van der Waals surface area contributed by atoms with Crippen LogP contribution in [-0.2, 0) is 10.8 Å². The zero-order chi connectivity index (χ0) is 16.1. The molecule has 2 heterocycles. The number of nitrogens with zero attached hydrogens (tertiary/aromatic N) is 4. The van der Waals surface area contributed by atoms with E-state index in [1.165, 1.54) is 0 Å². The first-order valence-corrected chi connectivity index (χ1v) is 9.77. The first kappa shape index (κ1) is 17.3. The van der Waals surface area contributed by atoms with Crippen molar-refractivity contribution in [3.05, 3.63) is 20.2 Å². The summed E-state index contributed by atoms with van der Waals surface area (Å²) >= 11 is 2.30. The van der Waals surface area contributed by atoms with Gasteiger partial charge in [-0.25, -0.2) is 4.21 Å². The molecule has 0 aromatic rings. The molecular formula is C10H14N4O5S3. The van der Waals surface area contributed by atoms with Crippen LogP contribution in [0.25, 0.3) is 0 Å². The van der Waals surface area contributed by atoms with E-state index in [4.69, 9.17) is 0 Å². The lowest BCUT2D eigenvalue weighted by Crippen LogP contribution is -2.44. The zero-order valence-corrected chi connectivity index (χ0v) is 13.9. The molecule has 122 valence electrons. The standard InChI is InChI=1S/C10H14N4O5S3/c15-13(16)9(7-11-3-1-5-20-7)22(19)10(14(17)18)8-12-4-2-6-21-8/h9-10H,1-6H2. The minimum Gasteiger partial charge on any atom is -0.275 e.